The lowest BCUT2D eigenvalue weighted by molar-refractivity contribution is -0.115. The predicted molar refractivity (Wildman–Crippen MR) is 76.0 cm³/mol. The second kappa shape index (κ2) is 7.01. The lowest BCUT2D eigenvalue weighted by Crippen LogP contribution is -2.28. The molecule has 0 aliphatic heterocycles. The van der Waals surface area contributed by atoms with E-state index < -0.39 is 0 Å². The molecule has 0 bridgehead atoms. The van der Waals surface area contributed by atoms with Gasteiger partial charge in [-0.25, -0.2) is 0 Å². The summed E-state index contributed by atoms with van der Waals surface area (Å²) in [6.07, 6.45) is 0. The van der Waals surface area contributed by atoms with Crippen LogP contribution < -0.4 is 10.6 Å². The maximum atomic E-state index is 11.6. The first-order valence-corrected chi connectivity index (χ1v) is 6.33. The number of para-hydroxylation sites is 1. The number of hydrogen-bond donors (Lipinski definition) is 2. The van der Waals surface area contributed by atoms with Crippen molar-refractivity contribution >= 4 is 50.7 Å². The van der Waals surface area contributed by atoms with Crippen LogP contribution >= 0.6 is 39.1 Å². The van der Waals surface area contributed by atoms with Crippen molar-refractivity contribution in [3.8, 4) is 0 Å². The molecule has 0 aliphatic carbocycles. The molecule has 6 heteroatoms. The SMILES string of the molecule is C=C(Br)CNCC(=O)Nc1c(Cl)cccc1Cl. The molecule has 0 aliphatic rings. The Morgan fingerprint density at radius 3 is 2.41 bits per heavy atom. The normalized spacial score (nSPS) is 10.1. The topological polar surface area (TPSA) is 41.1 Å². The molecule has 1 rings (SSSR count). The number of rotatable bonds is 5. The molecular weight excluding hydrogens is 327 g/mol. The number of amides is 1. The van der Waals surface area contributed by atoms with Crippen molar-refractivity contribution in [2.24, 2.45) is 0 Å². The van der Waals surface area contributed by atoms with E-state index in [0.717, 1.165) is 4.48 Å². The number of nitrogens with one attached hydrogen (secondary N) is 2. The predicted octanol–water partition coefficient (Wildman–Crippen LogP) is 3.43. The summed E-state index contributed by atoms with van der Waals surface area (Å²) in [5.41, 5.74) is 0.431. The van der Waals surface area contributed by atoms with E-state index in [2.05, 4.69) is 33.1 Å². The van der Waals surface area contributed by atoms with E-state index in [9.17, 15) is 4.79 Å². The molecule has 0 saturated heterocycles. The monoisotopic (exact) mass is 336 g/mol. The van der Waals surface area contributed by atoms with Gasteiger partial charge in [0, 0.05) is 11.0 Å². The molecule has 0 heterocycles. The fraction of sp³-hybridized carbons (Fsp3) is 0.182. The van der Waals surface area contributed by atoms with Crippen molar-refractivity contribution in [1.82, 2.24) is 5.32 Å². The van der Waals surface area contributed by atoms with Gasteiger partial charge in [0.2, 0.25) is 5.91 Å². The summed E-state index contributed by atoms with van der Waals surface area (Å²) in [7, 11) is 0. The standard InChI is InChI=1S/C11H11BrCl2N2O/c1-7(12)5-15-6-10(17)16-11-8(13)3-2-4-9(11)14/h2-4,15H,1,5-6H2,(H,16,17). The molecule has 1 aromatic rings. The van der Waals surface area contributed by atoms with Crippen LogP contribution in [-0.4, -0.2) is 19.0 Å². The van der Waals surface area contributed by atoms with Gasteiger partial charge in [0.25, 0.3) is 0 Å². The Balaban J connectivity index is 2.53. The average molecular weight is 338 g/mol. The summed E-state index contributed by atoms with van der Waals surface area (Å²) in [6.45, 7) is 4.32. The van der Waals surface area contributed by atoms with Crippen LogP contribution in [0.2, 0.25) is 10.0 Å². The van der Waals surface area contributed by atoms with Gasteiger partial charge in [0.05, 0.1) is 22.3 Å². The number of anilines is 1. The van der Waals surface area contributed by atoms with Gasteiger partial charge in [-0.3, -0.25) is 4.79 Å². The van der Waals surface area contributed by atoms with Gasteiger partial charge in [0.15, 0.2) is 0 Å². The number of carbonyl (C=O) groups excluding carboxylic acids is 1. The van der Waals surface area contributed by atoms with Crippen LogP contribution in [0, 0.1) is 0 Å². The van der Waals surface area contributed by atoms with Gasteiger partial charge in [-0.2, -0.15) is 0 Å². The number of hydrogen-bond acceptors (Lipinski definition) is 2. The quantitative estimate of drug-likeness (QED) is 0.864. The second-order valence-electron chi connectivity index (χ2n) is 3.27. The van der Waals surface area contributed by atoms with Crippen LogP contribution in [0.25, 0.3) is 0 Å². The molecule has 1 aromatic carbocycles. The van der Waals surface area contributed by atoms with Crippen molar-refractivity contribution in [2.45, 2.75) is 0 Å². The Hall–Kier alpha value is -0.550. The lowest BCUT2D eigenvalue weighted by atomic mass is 10.3. The van der Waals surface area contributed by atoms with Crippen molar-refractivity contribution in [2.75, 3.05) is 18.4 Å². The van der Waals surface area contributed by atoms with Crippen molar-refractivity contribution in [1.29, 1.82) is 0 Å². The zero-order chi connectivity index (χ0) is 12.8. The van der Waals surface area contributed by atoms with Crippen molar-refractivity contribution in [3.63, 3.8) is 0 Å². The maximum Gasteiger partial charge on any atom is 0.238 e. The number of benzene rings is 1. The van der Waals surface area contributed by atoms with Crippen molar-refractivity contribution < 1.29 is 4.79 Å². The van der Waals surface area contributed by atoms with Crippen LogP contribution in [0.4, 0.5) is 5.69 Å². The lowest BCUT2D eigenvalue weighted by Gasteiger charge is -2.09. The third-order valence-electron chi connectivity index (χ3n) is 1.83. The van der Waals surface area contributed by atoms with Gasteiger partial charge in [-0.1, -0.05) is 51.8 Å². The van der Waals surface area contributed by atoms with E-state index in [4.69, 9.17) is 23.2 Å². The molecule has 17 heavy (non-hydrogen) atoms. The van der Waals surface area contributed by atoms with Gasteiger partial charge < -0.3 is 10.6 Å². The third kappa shape index (κ3) is 5.08. The molecule has 92 valence electrons. The Morgan fingerprint density at radius 2 is 1.88 bits per heavy atom. The van der Waals surface area contributed by atoms with Gasteiger partial charge >= 0.3 is 0 Å². The molecule has 0 atom stereocenters. The highest BCUT2D eigenvalue weighted by molar-refractivity contribution is 9.11. The Morgan fingerprint density at radius 1 is 1.29 bits per heavy atom. The molecule has 3 nitrogen and oxygen atoms in total. The zero-order valence-electron chi connectivity index (χ0n) is 8.90. The largest absolute Gasteiger partial charge is 0.322 e. The highest BCUT2D eigenvalue weighted by Gasteiger charge is 2.08. The second-order valence-corrected chi connectivity index (χ2v) is 5.20. The summed E-state index contributed by atoms with van der Waals surface area (Å²) in [6, 6.07) is 5.04. The van der Waals surface area contributed by atoms with Crippen molar-refractivity contribution in [3.05, 3.63) is 39.3 Å². The van der Waals surface area contributed by atoms with Gasteiger partial charge in [-0.15, -0.1) is 0 Å². The molecule has 0 fully saturated rings. The molecule has 0 radical (unpaired) electrons. The Kier molecular flexibility index (Phi) is 5.98. The van der Waals surface area contributed by atoms with E-state index in [1.54, 1.807) is 18.2 Å². The molecular formula is C11H11BrCl2N2O. The number of halogens is 3. The van der Waals surface area contributed by atoms with Gasteiger partial charge in [-0.05, 0) is 12.1 Å². The third-order valence-corrected chi connectivity index (χ3v) is 2.74. The number of carbonyl (C=O) groups is 1. The molecule has 2 N–H and O–H groups in total. The minimum Gasteiger partial charge on any atom is -0.322 e. The van der Waals surface area contributed by atoms with Gasteiger partial charge in [0.1, 0.15) is 0 Å². The molecule has 0 spiro atoms. The zero-order valence-corrected chi connectivity index (χ0v) is 12.0. The minimum absolute atomic E-state index is 0.159. The van der Waals surface area contributed by atoms with Crippen LogP contribution in [0.15, 0.2) is 29.3 Å². The Bertz CT molecular complexity index is 417. The fourth-order valence-corrected chi connectivity index (χ4v) is 1.80. The summed E-state index contributed by atoms with van der Waals surface area (Å²) in [4.78, 5) is 11.6. The summed E-state index contributed by atoms with van der Waals surface area (Å²) >= 11 is 15.0. The highest BCUT2D eigenvalue weighted by Crippen LogP contribution is 2.29. The van der Waals surface area contributed by atoms with E-state index in [0.29, 0.717) is 22.3 Å². The van der Waals surface area contributed by atoms with E-state index in [1.165, 1.54) is 0 Å². The molecule has 0 saturated carbocycles. The molecule has 0 aromatic heterocycles. The average Bonchev–Trinajstić information content (AvgIpc) is 2.23. The van der Waals surface area contributed by atoms with Crippen LogP contribution in [0.5, 0.6) is 0 Å². The first kappa shape index (κ1) is 14.5. The van der Waals surface area contributed by atoms with Crippen LogP contribution in [-0.2, 0) is 4.79 Å². The highest BCUT2D eigenvalue weighted by atomic mass is 79.9. The Labute approximate surface area is 118 Å². The minimum atomic E-state index is -0.214. The summed E-state index contributed by atoms with van der Waals surface area (Å²) in [5, 5.41) is 6.37. The first-order valence-electron chi connectivity index (χ1n) is 4.78. The van der Waals surface area contributed by atoms with Crippen LogP contribution in [0.3, 0.4) is 0 Å². The maximum absolute atomic E-state index is 11.6. The molecule has 0 unspecified atom stereocenters. The summed E-state index contributed by atoms with van der Waals surface area (Å²) < 4.78 is 0.779. The van der Waals surface area contributed by atoms with Crippen LogP contribution in [0.1, 0.15) is 0 Å². The molecule has 1 amide bonds. The van der Waals surface area contributed by atoms with E-state index in [1.807, 2.05) is 0 Å². The smallest absolute Gasteiger partial charge is 0.238 e. The summed E-state index contributed by atoms with van der Waals surface area (Å²) in [5.74, 6) is -0.214. The van der Waals surface area contributed by atoms with E-state index >= 15 is 0 Å². The first-order chi connectivity index (χ1) is 8.00. The fourth-order valence-electron chi connectivity index (χ4n) is 1.11. The van der Waals surface area contributed by atoms with E-state index in [-0.39, 0.29) is 12.5 Å².